The van der Waals surface area contributed by atoms with Crippen molar-refractivity contribution in [3.05, 3.63) is 71.9 Å². The van der Waals surface area contributed by atoms with Crippen LogP contribution in [-0.4, -0.2) is 47.9 Å². The minimum atomic E-state index is -0.105. The number of aromatic nitrogens is 1. The molecule has 0 atom stereocenters. The van der Waals surface area contributed by atoms with Gasteiger partial charge in [0.05, 0.1) is 0 Å². The van der Waals surface area contributed by atoms with E-state index in [1.807, 2.05) is 59.5 Å². The number of fused-ring (bicyclic) bond motifs is 1. The van der Waals surface area contributed by atoms with Crippen LogP contribution in [0.2, 0.25) is 0 Å². The predicted molar refractivity (Wildman–Crippen MR) is 114 cm³/mol. The van der Waals surface area contributed by atoms with Gasteiger partial charge in [-0.25, -0.2) is 4.98 Å². The number of rotatable bonds is 4. The number of anilines is 1. The van der Waals surface area contributed by atoms with Gasteiger partial charge in [-0.1, -0.05) is 36.4 Å². The topological polar surface area (TPSA) is 65.5 Å². The molecular weight excluding hydrogens is 364 g/mol. The van der Waals surface area contributed by atoms with Crippen LogP contribution in [-0.2, 0) is 11.3 Å². The van der Waals surface area contributed by atoms with E-state index < -0.39 is 0 Å². The molecule has 6 nitrogen and oxygen atoms in total. The third-order valence-corrected chi connectivity index (χ3v) is 5.34. The molecular formula is C23H24N4O2. The number of piperazine rings is 1. The Bertz CT molecular complexity index is 1040. The Balaban J connectivity index is 1.44. The van der Waals surface area contributed by atoms with Crippen molar-refractivity contribution in [1.82, 2.24) is 15.2 Å². The maximum atomic E-state index is 12.7. The van der Waals surface area contributed by atoms with Crippen LogP contribution in [0.15, 0.2) is 60.8 Å². The van der Waals surface area contributed by atoms with Gasteiger partial charge in [0, 0.05) is 57.0 Å². The van der Waals surface area contributed by atoms with Crippen LogP contribution < -0.4 is 10.2 Å². The summed E-state index contributed by atoms with van der Waals surface area (Å²) in [7, 11) is 0. The van der Waals surface area contributed by atoms with Gasteiger partial charge in [0.25, 0.3) is 5.91 Å². The average Bonchev–Trinajstić information content (AvgIpc) is 2.77. The van der Waals surface area contributed by atoms with E-state index >= 15 is 0 Å². The van der Waals surface area contributed by atoms with Crippen molar-refractivity contribution in [1.29, 1.82) is 0 Å². The summed E-state index contributed by atoms with van der Waals surface area (Å²) in [4.78, 5) is 32.8. The fraction of sp³-hybridized carbons (Fsp3) is 0.261. The molecule has 4 rings (SSSR count). The molecule has 2 aromatic carbocycles. The molecule has 0 bridgehead atoms. The average molecular weight is 388 g/mol. The maximum absolute atomic E-state index is 12.7. The van der Waals surface area contributed by atoms with Crippen molar-refractivity contribution >= 4 is 28.4 Å². The number of amides is 2. The number of nitrogens with one attached hydrogen (secondary N) is 1. The second-order valence-electron chi connectivity index (χ2n) is 7.22. The first-order chi connectivity index (χ1) is 14.1. The molecule has 1 aromatic heterocycles. The number of pyridine rings is 1. The standard InChI is InChI=1S/C23H24N4O2/c1-17(28)26-11-13-27(14-12-26)22-21(7-4-10-24-22)16-25-23(29)20-9-8-18-5-2-3-6-19(18)15-20/h2-10,15H,11-14,16H2,1H3,(H,25,29). The largest absolute Gasteiger partial charge is 0.353 e. The van der Waals surface area contributed by atoms with Crippen molar-refractivity contribution in [2.45, 2.75) is 13.5 Å². The van der Waals surface area contributed by atoms with Gasteiger partial charge in [0.2, 0.25) is 5.91 Å². The van der Waals surface area contributed by atoms with E-state index in [0.717, 1.165) is 35.2 Å². The number of carbonyl (C=O) groups is 2. The van der Waals surface area contributed by atoms with Gasteiger partial charge in [-0.3, -0.25) is 9.59 Å². The van der Waals surface area contributed by atoms with Crippen LogP contribution in [0.1, 0.15) is 22.8 Å². The maximum Gasteiger partial charge on any atom is 0.251 e. The lowest BCUT2D eigenvalue weighted by Gasteiger charge is -2.35. The first kappa shape index (κ1) is 18.9. The SMILES string of the molecule is CC(=O)N1CCN(c2ncccc2CNC(=O)c2ccc3ccccc3c2)CC1. The Labute approximate surface area is 170 Å². The number of benzene rings is 2. The third-order valence-electron chi connectivity index (χ3n) is 5.34. The number of hydrogen-bond acceptors (Lipinski definition) is 4. The fourth-order valence-electron chi connectivity index (χ4n) is 3.69. The quantitative estimate of drug-likeness (QED) is 0.746. The normalized spacial score (nSPS) is 14.1. The molecule has 1 fully saturated rings. The summed E-state index contributed by atoms with van der Waals surface area (Å²) in [6, 6.07) is 17.6. The molecule has 0 aliphatic carbocycles. The van der Waals surface area contributed by atoms with Crippen molar-refractivity contribution in [3.8, 4) is 0 Å². The molecule has 0 saturated carbocycles. The molecule has 6 heteroatoms. The van der Waals surface area contributed by atoms with Gasteiger partial charge in [0.1, 0.15) is 5.82 Å². The van der Waals surface area contributed by atoms with Crippen LogP contribution in [0.3, 0.4) is 0 Å². The monoisotopic (exact) mass is 388 g/mol. The Morgan fingerprint density at radius 3 is 2.48 bits per heavy atom. The molecule has 1 aliphatic heterocycles. The van der Waals surface area contributed by atoms with Gasteiger partial charge in [-0.2, -0.15) is 0 Å². The second kappa shape index (κ2) is 8.31. The lowest BCUT2D eigenvalue weighted by molar-refractivity contribution is -0.129. The molecule has 3 aromatic rings. The van der Waals surface area contributed by atoms with Crippen molar-refractivity contribution in [2.24, 2.45) is 0 Å². The molecule has 0 unspecified atom stereocenters. The Morgan fingerprint density at radius 1 is 0.966 bits per heavy atom. The molecule has 2 heterocycles. The summed E-state index contributed by atoms with van der Waals surface area (Å²) < 4.78 is 0. The molecule has 0 radical (unpaired) electrons. The first-order valence-corrected chi connectivity index (χ1v) is 9.83. The number of carbonyl (C=O) groups excluding carboxylic acids is 2. The van der Waals surface area contributed by atoms with E-state index in [1.54, 1.807) is 13.1 Å². The summed E-state index contributed by atoms with van der Waals surface area (Å²) in [6.07, 6.45) is 1.77. The Hall–Kier alpha value is -3.41. The van der Waals surface area contributed by atoms with Crippen LogP contribution in [0.4, 0.5) is 5.82 Å². The third kappa shape index (κ3) is 4.21. The lowest BCUT2D eigenvalue weighted by atomic mass is 10.1. The second-order valence-corrected chi connectivity index (χ2v) is 7.22. The minimum absolute atomic E-state index is 0.105. The highest BCUT2D eigenvalue weighted by Crippen LogP contribution is 2.20. The van der Waals surface area contributed by atoms with Crippen LogP contribution in [0, 0.1) is 0 Å². The lowest BCUT2D eigenvalue weighted by Crippen LogP contribution is -2.48. The molecule has 2 amide bonds. The van der Waals surface area contributed by atoms with Crippen molar-refractivity contribution in [3.63, 3.8) is 0 Å². The van der Waals surface area contributed by atoms with E-state index in [2.05, 4.69) is 15.2 Å². The predicted octanol–water partition coefficient (Wildman–Crippen LogP) is 2.83. The zero-order valence-corrected chi connectivity index (χ0v) is 16.5. The molecule has 1 N–H and O–H groups in total. The zero-order chi connectivity index (χ0) is 20.2. The summed E-state index contributed by atoms with van der Waals surface area (Å²) in [6.45, 7) is 4.86. The smallest absolute Gasteiger partial charge is 0.251 e. The number of hydrogen-bond donors (Lipinski definition) is 1. The van der Waals surface area contributed by atoms with E-state index in [1.165, 1.54) is 0 Å². The van der Waals surface area contributed by atoms with Crippen molar-refractivity contribution < 1.29 is 9.59 Å². The van der Waals surface area contributed by atoms with Gasteiger partial charge in [0.15, 0.2) is 0 Å². The Morgan fingerprint density at radius 2 is 1.72 bits per heavy atom. The first-order valence-electron chi connectivity index (χ1n) is 9.83. The highest BCUT2D eigenvalue weighted by Gasteiger charge is 2.21. The van der Waals surface area contributed by atoms with Gasteiger partial charge < -0.3 is 15.1 Å². The van der Waals surface area contributed by atoms with Crippen molar-refractivity contribution in [2.75, 3.05) is 31.1 Å². The molecule has 29 heavy (non-hydrogen) atoms. The summed E-state index contributed by atoms with van der Waals surface area (Å²) in [5.74, 6) is 0.870. The van der Waals surface area contributed by atoms with Gasteiger partial charge in [-0.15, -0.1) is 0 Å². The van der Waals surface area contributed by atoms with Gasteiger partial charge in [-0.05, 0) is 29.0 Å². The summed E-state index contributed by atoms with van der Waals surface area (Å²) in [5, 5.41) is 5.18. The number of nitrogens with zero attached hydrogens (tertiary/aromatic N) is 3. The molecule has 148 valence electrons. The van der Waals surface area contributed by atoms with E-state index in [-0.39, 0.29) is 11.8 Å². The van der Waals surface area contributed by atoms with Crippen LogP contribution in [0.5, 0.6) is 0 Å². The zero-order valence-electron chi connectivity index (χ0n) is 16.5. The van der Waals surface area contributed by atoms with E-state index in [4.69, 9.17) is 0 Å². The fourth-order valence-corrected chi connectivity index (χ4v) is 3.69. The highest BCUT2D eigenvalue weighted by molar-refractivity contribution is 5.98. The Kier molecular flexibility index (Phi) is 5.42. The summed E-state index contributed by atoms with van der Waals surface area (Å²) in [5.41, 5.74) is 1.61. The molecule has 1 aliphatic rings. The van der Waals surface area contributed by atoms with Gasteiger partial charge >= 0.3 is 0 Å². The van der Waals surface area contributed by atoms with E-state index in [0.29, 0.717) is 25.2 Å². The van der Waals surface area contributed by atoms with E-state index in [9.17, 15) is 9.59 Å². The highest BCUT2D eigenvalue weighted by atomic mass is 16.2. The van der Waals surface area contributed by atoms with Crippen LogP contribution >= 0.6 is 0 Å². The molecule has 1 saturated heterocycles. The van der Waals surface area contributed by atoms with Crippen LogP contribution in [0.25, 0.3) is 10.8 Å². The molecule has 0 spiro atoms. The minimum Gasteiger partial charge on any atom is -0.353 e. The summed E-state index contributed by atoms with van der Waals surface area (Å²) >= 11 is 0.